The van der Waals surface area contributed by atoms with Gasteiger partial charge in [0, 0.05) is 20.3 Å². The Morgan fingerprint density at radius 3 is 1.43 bits per heavy atom. The molecule has 0 N–H and O–H groups in total. The first-order valence-electron chi connectivity index (χ1n) is 14.1. The topological polar surface area (TPSA) is 24.7 Å². The largest absolute Gasteiger partial charge is 0.301 e. The van der Waals surface area contributed by atoms with Gasteiger partial charge in [-0.1, -0.05) is 123 Å². The Bertz CT molecular complexity index is 1230. The van der Waals surface area contributed by atoms with Crippen molar-refractivity contribution < 1.29 is 0 Å². The molecule has 2 nitrogen and oxygen atoms in total. The maximum Gasteiger partial charge on any atom is 0.0284 e. The Balaban J connectivity index is 0.000000594. The van der Waals surface area contributed by atoms with Crippen LogP contribution < -0.4 is 0 Å². The molecule has 4 aromatic rings. The van der Waals surface area contributed by atoms with E-state index in [4.69, 9.17) is 0 Å². The molecule has 0 aliphatic heterocycles. The summed E-state index contributed by atoms with van der Waals surface area (Å²) in [6, 6.07) is 36.1. The standard InChI is InChI=1S/C16H17N.C14H14.C3H7N.C3H6.C2H6/c1-13-7-3-4-8-14(13)11-15-9-5-6-10-16(15)12-17-2;1-12-7-5-6-10-14(12)11-13-8-3-2-4-9-13;1-3-4-2;1-3-2;1-2/h3-10,12H,11H2,1-2H3;2-10H,11H2,1H3;3H,1-2H3;3H,1H2,2H3;1-2H3. The summed E-state index contributed by atoms with van der Waals surface area (Å²) in [6.07, 6.45) is 7.43. The molecule has 0 atom stereocenters. The fraction of sp³-hybridized carbons (Fsp3) is 0.263. The third-order valence-electron chi connectivity index (χ3n) is 5.72. The monoisotopic (exact) mass is 534 g/mol. The van der Waals surface area contributed by atoms with Crippen LogP contribution >= 0.6 is 0 Å². The van der Waals surface area contributed by atoms with Gasteiger partial charge in [0.15, 0.2) is 0 Å². The van der Waals surface area contributed by atoms with Crippen LogP contribution in [0.1, 0.15) is 66.6 Å². The van der Waals surface area contributed by atoms with E-state index in [1.165, 1.54) is 38.9 Å². The number of allylic oxidation sites excluding steroid dienone is 1. The molecule has 4 aromatic carbocycles. The minimum Gasteiger partial charge on any atom is -0.301 e. The van der Waals surface area contributed by atoms with Gasteiger partial charge in [-0.3, -0.25) is 4.99 Å². The van der Waals surface area contributed by atoms with Crippen molar-refractivity contribution in [2.45, 2.75) is 54.4 Å². The van der Waals surface area contributed by atoms with E-state index in [2.05, 4.69) is 134 Å². The second-order valence-electron chi connectivity index (χ2n) is 8.70. The Labute approximate surface area is 245 Å². The van der Waals surface area contributed by atoms with Crippen LogP contribution in [0.25, 0.3) is 0 Å². The molecular weight excluding hydrogens is 484 g/mol. The molecule has 0 aliphatic carbocycles. The van der Waals surface area contributed by atoms with Gasteiger partial charge in [0.05, 0.1) is 0 Å². The van der Waals surface area contributed by atoms with E-state index in [-0.39, 0.29) is 0 Å². The molecule has 0 bridgehead atoms. The van der Waals surface area contributed by atoms with E-state index in [9.17, 15) is 0 Å². The normalized spacial score (nSPS) is 9.60. The predicted molar refractivity (Wildman–Crippen MR) is 182 cm³/mol. The van der Waals surface area contributed by atoms with Crippen LogP contribution in [0, 0.1) is 13.8 Å². The molecule has 0 saturated carbocycles. The van der Waals surface area contributed by atoms with E-state index in [1.54, 1.807) is 19.3 Å². The molecule has 0 heterocycles. The molecule has 0 amide bonds. The summed E-state index contributed by atoms with van der Waals surface area (Å²) in [5.41, 5.74) is 9.42. The Morgan fingerprint density at radius 2 is 0.975 bits per heavy atom. The van der Waals surface area contributed by atoms with E-state index in [0.717, 1.165) is 12.8 Å². The van der Waals surface area contributed by atoms with E-state index in [0.29, 0.717) is 0 Å². The first-order valence-corrected chi connectivity index (χ1v) is 14.1. The maximum absolute atomic E-state index is 4.11. The van der Waals surface area contributed by atoms with Gasteiger partial charge < -0.3 is 4.99 Å². The second kappa shape index (κ2) is 24.0. The average Bonchev–Trinajstić information content (AvgIpc) is 2.99. The van der Waals surface area contributed by atoms with Crippen molar-refractivity contribution in [3.8, 4) is 0 Å². The van der Waals surface area contributed by atoms with Crippen LogP contribution in [-0.4, -0.2) is 26.5 Å². The lowest BCUT2D eigenvalue weighted by Crippen LogP contribution is -1.96. The van der Waals surface area contributed by atoms with Crippen molar-refractivity contribution in [2.24, 2.45) is 9.98 Å². The smallest absolute Gasteiger partial charge is 0.0284 e. The summed E-state index contributed by atoms with van der Waals surface area (Å²) < 4.78 is 0. The first kappa shape index (κ1) is 36.0. The first-order chi connectivity index (χ1) is 19.5. The van der Waals surface area contributed by atoms with Gasteiger partial charge in [-0.05, 0) is 85.7 Å². The maximum atomic E-state index is 4.11. The number of aryl methyl sites for hydroxylation is 2. The number of benzene rings is 4. The Hall–Kier alpha value is -4.04. The third-order valence-corrected chi connectivity index (χ3v) is 5.72. The molecular formula is C38H50N2. The highest BCUT2D eigenvalue weighted by atomic mass is 14.6. The summed E-state index contributed by atoms with van der Waals surface area (Å²) in [5.74, 6) is 0. The van der Waals surface area contributed by atoms with Crippen molar-refractivity contribution in [2.75, 3.05) is 14.1 Å². The Kier molecular flexibility index (Phi) is 21.6. The number of hydrogen-bond donors (Lipinski definition) is 0. The highest BCUT2D eigenvalue weighted by Gasteiger charge is 2.03. The summed E-state index contributed by atoms with van der Waals surface area (Å²) in [5, 5.41) is 0. The van der Waals surface area contributed by atoms with E-state index < -0.39 is 0 Å². The SMILES string of the molecule is C=CC.CC.CC=NC.CN=Cc1ccccc1Cc1ccccc1C.Cc1ccccc1Cc1ccccc1. The van der Waals surface area contributed by atoms with E-state index >= 15 is 0 Å². The zero-order valence-electron chi connectivity index (χ0n) is 26.1. The molecule has 0 unspecified atom stereocenters. The number of nitrogens with zero attached hydrogens (tertiary/aromatic N) is 2. The summed E-state index contributed by atoms with van der Waals surface area (Å²) in [7, 11) is 3.56. The van der Waals surface area contributed by atoms with Crippen molar-refractivity contribution in [3.05, 3.63) is 155 Å². The third kappa shape index (κ3) is 15.4. The number of hydrogen-bond acceptors (Lipinski definition) is 2. The lowest BCUT2D eigenvalue weighted by Gasteiger charge is -2.08. The molecule has 0 spiro atoms. The zero-order chi connectivity index (χ0) is 30.0. The summed E-state index contributed by atoms with van der Waals surface area (Å²) in [6.45, 7) is 15.5. The molecule has 0 fully saturated rings. The average molecular weight is 535 g/mol. The predicted octanol–water partition coefficient (Wildman–Crippen LogP) is 10.1. The van der Waals surface area contributed by atoms with Gasteiger partial charge in [0.2, 0.25) is 0 Å². The van der Waals surface area contributed by atoms with Crippen molar-refractivity contribution >= 4 is 12.4 Å². The molecule has 40 heavy (non-hydrogen) atoms. The number of aliphatic imine (C=N–C) groups is 2. The van der Waals surface area contributed by atoms with Crippen LogP contribution in [-0.2, 0) is 12.8 Å². The van der Waals surface area contributed by atoms with Gasteiger partial charge >= 0.3 is 0 Å². The van der Waals surface area contributed by atoms with Crippen LogP contribution in [0.3, 0.4) is 0 Å². The van der Waals surface area contributed by atoms with Crippen molar-refractivity contribution in [1.29, 1.82) is 0 Å². The van der Waals surface area contributed by atoms with Crippen LogP contribution in [0.4, 0.5) is 0 Å². The second-order valence-corrected chi connectivity index (χ2v) is 8.70. The van der Waals surface area contributed by atoms with Gasteiger partial charge in [-0.25, -0.2) is 0 Å². The van der Waals surface area contributed by atoms with Gasteiger partial charge in [0.1, 0.15) is 0 Å². The molecule has 4 rings (SSSR count). The van der Waals surface area contributed by atoms with Gasteiger partial charge in [-0.15, -0.1) is 6.58 Å². The van der Waals surface area contributed by atoms with Crippen molar-refractivity contribution in [3.63, 3.8) is 0 Å². The quantitative estimate of drug-likeness (QED) is 0.180. The molecule has 0 saturated heterocycles. The number of rotatable bonds is 5. The molecule has 0 aromatic heterocycles. The van der Waals surface area contributed by atoms with E-state index in [1.807, 2.05) is 41.0 Å². The summed E-state index contributed by atoms with van der Waals surface area (Å²) in [4.78, 5) is 7.72. The highest BCUT2D eigenvalue weighted by molar-refractivity contribution is 5.81. The minimum atomic E-state index is 0.967. The molecule has 0 radical (unpaired) electrons. The summed E-state index contributed by atoms with van der Waals surface area (Å²) >= 11 is 0. The van der Waals surface area contributed by atoms with Crippen LogP contribution in [0.15, 0.2) is 126 Å². The molecule has 2 heteroatoms. The fourth-order valence-electron chi connectivity index (χ4n) is 3.60. The van der Waals surface area contributed by atoms with Gasteiger partial charge in [-0.2, -0.15) is 0 Å². The fourth-order valence-corrected chi connectivity index (χ4v) is 3.60. The zero-order valence-corrected chi connectivity index (χ0v) is 26.1. The van der Waals surface area contributed by atoms with Crippen LogP contribution in [0.5, 0.6) is 0 Å². The minimum absolute atomic E-state index is 0.967. The van der Waals surface area contributed by atoms with Crippen molar-refractivity contribution in [1.82, 2.24) is 0 Å². The highest BCUT2D eigenvalue weighted by Crippen LogP contribution is 2.16. The molecule has 212 valence electrons. The lowest BCUT2D eigenvalue weighted by atomic mass is 9.97. The van der Waals surface area contributed by atoms with Crippen LogP contribution in [0.2, 0.25) is 0 Å². The van der Waals surface area contributed by atoms with Gasteiger partial charge in [0.25, 0.3) is 0 Å². The Morgan fingerprint density at radius 1 is 0.575 bits per heavy atom. The molecule has 0 aliphatic rings. The lowest BCUT2D eigenvalue weighted by molar-refractivity contribution is 1.15.